The topological polar surface area (TPSA) is 52.8 Å². The van der Waals surface area contributed by atoms with Gasteiger partial charge in [0.2, 0.25) is 0 Å². The molecular weight excluding hydrogens is 380 g/mol. The zero-order valence-electron chi connectivity index (χ0n) is 17.4. The second-order valence-corrected chi connectivity index (χ2v) is 9.58. The van der Waals surface area contributed by atoms with Crippen molar-refractivity contribution >= 4 is 11.3 Å². The molecule has 3 aromatic rings. The molecule has 5 rings (SSSR count). The zero-order valence-corrected chi connectivity index (χ0v) is 18.3. The van der Waals surface area contributed by atoms with E-state index in [2.05, 4.69) is 42.1 Å². The molecule has 29 heavy (non-hydrogen) atoms. The molecule has 0 bridgehead atoms. The summed E-state index contributed by atoms with van der Waals surface area (Å²) in [7, 11) is 0. The molecule has 2 aliphatic rings. The predicted octanol–water partition coefficient (Wildman–Crippen LogP) is 5.94. The average Bonchev–Trinajstić information content (AvgIpc) is 3.28. The summed E-state index contributed by atoms with van der Waals surface area (Å²) >= 11 is 1.73. The summed E-state index contributed by atoms with van der Waals surface area (Å²) in [5.41, 5.74) is 3.60. The Labute approximate surface area is 176 Å². The van der Waals surface area contributed by atoms with E-state index in [1.165, 1.54) is 42.5 Å². The van der Waals surface area contributed by atoms with Gasteiger partial charge in [-0.05, 0) is 57.2 Å². The largest absolute Gasteiger partial charge is 0.492 e. The average molecular weight is 409 g/mol. The highest BCUT2D eigenvalue weighted by atomic mass is 32.1. The number of hydrogen-bond donors (Lipinski definition) is 0. The number of thiazole rings is 1. The molecule has 0 amide bonds. The summed E-state index contributed by atoms with van der Waals surface area (Å²) in [4.78, 5) is 11.0. The fraction of sp³-hybridized carbons (Fsp3) is 0.522. The lowest BCUT2D eigenvalue weighted by Gasteiger charge is -2.22. The lowest BCUT2D eigenvalue weighted by molar-refractivity contribution is 0.326. The summed E-state index contributed by atoms with van der Waals surface area (Å²) in [6, 6.07) is 7.06. The predicted molar refractivity (Wildman–Crippen MR) is 117 cm³/mol. The molecule has 3 heterocycles. The molecule has 1 fully saturated rings. The lowest BCUT2D eigenvalue weighted by Crippen LogP contribution is -2.06. The minimum absolute atomic E-state index is 0.253. The summed E-state index contributed by atoms with van der Waals surface area (Å²) < 4.78 is 8.15. The van der Waals surface area contributed by atoms with Gasteiger partial charge in [0.1, 0.15) is 11.6 Å². The van der Waals surface area contributed by atoms with Crippen molar-refractivity contribution in [3.8, 4) is 27.8 Å². The number of benzene rings is 1. The minimum Gasteiger partial charge on any atom is -0.492 e. The van der Waals surface area contributed by atoms with Gasteiger partial charge in [-0.2, -0.15) is 5.10 Å². The molecule has 0 saturated heterocycles. The third kappa shape index (κ3) is 3.48. The van der Waals surface area contributed by atoms with E-state index in [1.807, 2.05) is 11.6 Å². The molecule has 2 aromatic heterocycles. The van der Waals surface area contributed by atoms with Crippen LogP contribution < -0.4 is 4.74 Å². The molecule has 152 valence electrons. The van der Waals surface area contributed by atoms with Crippen molar-refractivity contribution in [1.82, 2.24) is 19.7 Å². The van der Waals surface area contributed by atoms with Gasteiger partial charge < -0.3 is 4.74 Å². The number of fused-ring (bicyclic) bond motifs is 3. The van der Waals surface area contributed by atoms with Gasteiger partial charge in [-0.3, -0.25) is 0 Å². The van der Waals surface area contributed by atoms with Crippen LogP contribution in [0.3, 0.4) is 0 Å². The highest BCUT2D eigenvalue weighted by Crippen LogP contribution is 2.42. The van der Waals surface area contributed by atoms with Crippen LogP contribution in [0.4, 0.5) is 0 Å². The molecule has 0 spiro atoms. The van der Waals surface area contributed by atoms with E-state index in [0.717, 1.165) is 40.1 Å². The van der Waals surface area contributed by atoms with Crippen molar-refractivity contribution in [3.63, 3.8) is 0 Å². The van der Waals surface area contributed by atoms with Crippen LogP contribution in [0.15, 0.2) is 18.2 Å². The second kappa shape index (κ2) is 7.56. The number of nitrogens with zero attached hydrogens (tertiary/aromatic N) is 4. The van der Waals surface area contributed by atoms with E-state index in [4.69, 9.17) is 9.72 Å². The number of hydrogen-bond acceptors (Lipinski definition) is 5. The van der Waals surface area contributed by atoms with Gasteiger partial charge in [-0.25, -0.2) is 14.6 Å². The van der Waals surface area contributed by atoms with Crippen LogP contribution in [-0.4, -0.2) is 26.4 Å². The van der Waals surface area contributed by atoms with E-state index in [9.17, 15) is 0 Å². The molecule has 0 radical (unpaired) electrons. The Morgan fingerprint density at radius 3 is 2.76 bits per heavy atom. The number of aryl methyl sites for hydroxylation is 1. The Morgan fingerprint density at radius 1 is 1.14 bits per heavy atom. The third-order valence-electron chi connectivity index (χ3n) is 6.04. The minimum atomic E-state index is 0.253. The highest BCUT2D eigenvalue weighted by molar-refractivity contribution is 7.15. The SMILES string of the molecule is Cc1nc(-c2nc3c(s2)CCOc2cc(C4CCCCC4)ccc2-3)n(C(C)C)n1. The van der Waals surface area contributed by atoms with Crippen molar-refractivity contribution in [3.05, 3.63) is 34.5 Å². The van der Waals surface area contributed by atoms with Crippen LogP contribution in [-0.2, 0) is 6.42 Å². The first-order chi connectivity index (χ1) is 14.1. The van der Waals surface area contributed by atoms with Crippen molar-refractivity contribution in [2.24, 2.45) is 0 Å². The van der Waals surface area contributed by atoms with Crippen LogP contribution in [0, 0.1) is 6.92 Å². The number of ether oxygens (including phenoxy) is 1. The van der Waals surface area contributed by atoms with Crippen LogP contribution in [0.25, 0.3) is 22.1 Å². The third-order valence-corrected chi connectivity index (χ3v) is 7.15. The Morgan fingerprint density at radius 2 is 1.97 bits per heavy atom. The molecule has 1 aliphatic carbocycles. The summed E-state index contributed by atoms with van der Waals surface area (Å²) in [6.07, 6.45) is 7.55. The second-order valence-electron chi connectivity index (χ2n) is 8.50. The van der Waals surface area contributed by atoms with E-state index >= 15 is 0 Å². The Balaban J connectivity index is 1.55. The molecule has 1 aliphatic heterocycles. The molecule has 6 heteroatoms. The fourth-order valence-corrected chi connectivity index (χ4v) is 5.60. The maximum absolute atomic E-state index is 6.17. The molecule has 1 saturated carbocycles. The van der Waals surface area contributed by atoms with Crippen molar-refractivity contribution in [2.45, 2.75) is 71.3 Å². The van der Waals surface area contributed by atoms with Crippen LogP contribution in [0.2, 0.25) is 0 Å². The van der Waals surface area contributed by atoms with Gasteiger partial charge in [-0.1, -0.05) is 25.3 Å². The van der Waals surface area contributed by atoms with Crippen molar-refractivity contribution in [1.29, 1.82) is 0 Å². The molecule has 5 nitrogen and oxygen atoms in total. The smallest absolute Gasteiger partial charge is 0.187 e. The lowest BCUT2D eigenvalue weighted by atomic mass is 9.83. The van der Waals surface area contributed by atoms with Gasteiger partial charge in [0.25, 0.3) is 0 Å². The fourth-order valence-electron chi connectivity index (χ4n) is 4.56. The van der Waals surface area contributed by atoms with E-state index in [1.54, 1.807) is 11.3 Å². The summed E-state index contributed by atoms with van der Waals surface area (Å²) in [5.74, 6) is 3.33. The summed E-state index contributed by atoms with van der Waals surface area (Å²) in [6.45, 7) is 6.90. The molecular formula is C23H28N4OS. The van der Waals surface area contributed by atoms with Gasteiger partial charge in [0.05, 0.1) is 12.3 Å². The first-order valence-corrected chi connectivity index (χ1v) is 11.6. The Kier molecular flexibility index (Phi) is 4.90. The molecule has 0 N–H and O–H groups in total. The normalized spacial score (nSPS) is 17.0. The molecule has 0 unspecified atom stereocenters. The van der Waals surface area contributed by atoms with E-state index in [0.29, 0.717) is 12.5 Å². The van der Waals surface area contributed by atoms with Crippen LogP contribution in [0.5, 0.6) is 5.75 Å². The van der Waals surface area contributed by atoms with E-state index < -0.39 is 0 Å². The Hall–Kier alpha value is -2.21. The first kappa shape index (κ1) is 18.8. The van der Waals surface area contributed by atoms with Crippen molar-refractivity contribution < 1.29 is 4.74 Å². The highest BCUT2D eigenvalue weighted by Gasteiger charge is 2.25. The van der Waals surface area contributed by atoms with E-state index in [-0.39, 0.29) is 6.04 Å². The number of aromatic nitrogens is 4. The van der Waals surface area contributed by atoms with Gasteiger partial charge in [0.15, 0.2) is 10.8 Å². The van der Waals surface area contributed by atoms with Gasteiger partial charge in [-0.15, -0.1) is 11.3 Å². The number of rotatable bonds is 3. The standard InChI is InChI=1S/C23H28N4OS/c1-14(2)27-22(24-15(3)26-27)23-25-21-18-10-9-17(16-7-5-4-6-8-16)13-19(18)28-12-11-20(21)29-23/h9-10,13-14,16H,4-8,11-12H2,1-3H3. The van der Waals surface area contributed by atoms with Crippen LogP contribution in [0.1, 0.15) is 74.2 Å². The van der Waals surface area contributed by atoms with Crippen molar-refractivity contribution in [2.75, 3.05) is 6.61 Å². The van der Waals surface area contributed by atoms with Crippen LogP contribution >= 0.6 is 11.3 Å². The summed E-state index contributed by atoms with van der Waals surface area (Å²) in [5, 5.41) is 5.52. The monoisotopic (exact) mass is 408 g/mol. The first-order valence-electron chi connectivity index (χ1n) is 10.8. The maximum atomic E-state index is 6.17. The van der Waals surface area contributed by atoms with Gasteiger partial charge in [0, 0.05) is 22.9 Å². The maximum Gasteiger partial charge on any atom is 0.187 e. The quantitative estimate of drug-likeness (QED) is 0.538. The molecule has 1 aromatic carbocycles. The van der Waals surface area contributed by atoms with Gasteiger partial charge >= 0.3 is 0 Å². The Bertz CT molecular complexity index is 1030. The molecule has 0 atom stereocenters. The zero-order chi connectivity index (χ0) is 20.0.